The van der Waals surface area contributed by atoms with Crippen LogP contribution >= 0.6 is 0 Å². The van der Waals surface area contributed by atoms with Gasteiger partial charge in [-0.3, -0.25) is 0 Å². The standard InChI is InChI=1S/C28H38N4O3/c1-19-16-22(17-20(2)25(19)34-28(7,8)26(33)35-27(4,5)6)18-29-15-14-24-21(3)30-32(31-24)23-12-10-9-11-13-23/h9-13,16-17,29H,14-15,18H2,1-8H3. The van der Waals surface area contributed by atoms with Crippen LogP contribution in [0.2, 0.25) is 0 Å². The summed E-state index contributed by atoms with van der Waals surface area (Å²) in [7, 11) is 0. The van der Waals surface area contributed by atoms with Crippen LogP contribution in [0.1, 0.15) is 62.7 Å². The van der Waals surface area contributed by atoms with Crippen LogP contribution in [-0.4, -0.2) is 38.7 Å². The van der Waals surface area contributed by atoms with Gasteiger partial charge in [-0.25, -0.2) is 4.79 Å². The Bertz CT molecular complexity index is 1140. The second kappa shape index (κ2) is 10.6. The lowest BCUT2D eigenvalue weighted by atomic mass is 10.0. The van der Waals surface area contributed by atoms with E-state index in [4.69, 9.17) is 9.47 Å². The first kappa shape index (κ1) is 26.4. The fraction of sp³-hybridized carbons (Fsp3) is 0.464. The van der Waals surface area contributed by atoms with E-state index in [9.17, 15) is 4.79 Å². The molecule has 35 heavy (non-hydrogen) atoms. The number of benzene rings is 2. The number of rotatable bonds is 9. The first-order chi connectivity index (χ1) is 16.4. The fourth-order valence-electron chi connectivity index (χ4n) is 3.76. The summed E-state index contributed by atoms with van der Waals surface area (Å²) in [5.74, 6) is 0.340. The quantitative estimate of drug-likeness (QED) is 0.344. The van der Waals surface area contributed by atoms with Crippen LogP contribution in [0, 0.1) is 20.8 Å². The molecule has 1 heterocycles. The number of para-hydroxylation sites is 1. The van der Waals surface area contributed by atoms with Crippen molar-refractivity contribution in [3.63, 3.8) is 0 Å². The van der Waals surface area contributed by atoms with Gasteiger partial charge in [-0.05, 0) is 84.2 Å². The van der Waals surface area contributed by atoms with E-state index in [1.54, 1.807) is 18.6 Å². The van der Waals surface area contributed by atoms with Crippen molar-refractivity contribution < 1.29 is 14.3 Å². The monoisotopic (exact) mass is 478 g/mol. The van der Waals surface area contributed by atoms with Crippen LogP contribution in [0.3, 0.4) is 0 Å². The molecule has 0 bridgehead atoms. The molecule has 0 aliphatic heterocycles. The average molecular weight is 479 g/mol. The number of ether oxygens (including phenoxy) is 2. The van der Waals surface area contributed by atoms with Gasteiger partial charge in [-0.1, -0.05) is 30.3 Å². The zero-order valence-electron chi connectivity index (χ0n) is 22.2. The van der Waals surface area contributed by atoms with Gasteiger partial charge in [0.15, 0.2) is 5.60 Å². The maximum Gasteiger partial charge on any atom is 0.350 e. The van der Waals surface area contributed by atoms with E-state index in [2.05, 4.69) is 27.6 Å². The van der Waals surface area contributed by atoms with Gasteiger partial charge >= 0.3 is 5.97 Å². The first-order valence-electron chi connectivity index (χ1n) is 12.1. The van der Waals surface area contributed by atoms with E-state index in [-0.39, 0.29) is 5.97 Å². The zero-order valence-corrected chi connectivity index (χ0v) is 22.2. The summed E-state index contributed by atoms with van der Waals surface area (Å²) in [4.78, 5) is 14.3. The van der Waals surface area contributed by atoms with Crippen LogP contribution < -0.4 is 10.1 Å². The Labute approximate surface area is 208 Å². The van der Waals surface area contributed by atoms with Gasteiger partial charge in [0.1, 0.15) is 11.4 Å². The summed E-state index contributed by atoms with van der Waals surface area (Å²) in [6.07, 6.45) is 0.794. The van der Waals surface area contributed by atoms with Gasteiger partial charge in [0.2, 0.25) is 0 Å². The SMILES string of the molecule is Cc1cc(CNCCc2nn(-c3ccccc3)nc2C)cc(C)c1OC(C)(C)C(=O)OC(C)(C)C. The summed E-state index contributed by atoms with van der Waals surface area (Å²) in [6, 6.07) is 14.1. The van der Waals surface area contributed by atoms with Crippen molar-refractivity contribution in [1.29, 1.82) is 0 Å². The van der Waals surface area contributed by atoms with Crippen molar-refractivity contribution in [3.05, 3.63) is 70.5 Å². The van der Waals surface area contributed by atoms with Crippen molar-refractivity contribution in [1.82, 2.24) is 20.3 Å². The Morgan fingerprint density at radius 1 is 0.971 bits per heavy atom. The van der Waals surface area contributed by atoms with E-state index < -0.39 is 11.2 Å². The van der Waals surface area contributed by atoms with Crippen LogP contribution in [0.15, 0.2) is 42.5 Å². The van der Waals surface area contributed by atoms with E-state index in [0.29, 0.717) is 0 Å². The third kappa shape index (κ3) is 7.15. The summed E-state index contributed by atoms with van der Waals surface area (Å²) in [6.45, 7) is 16.6. The number of carbonyl (C=O) groups is 1. The lowest BCUT2D eigenvalue weighted by Gasteiger charge is -2.30. The maximum atomic E-state index is 12.6. The lowest BCUT2D eigenvalue weighted by Crippen LogP contribution is -2.43. The van der Waals surface area contributed by atoms with E-state index in [0.717, 1.165) is 59.0 Å². The molecule has 0 saturated carbocycles. The molecule has 0 fully saturated rings. The van der Waals surface area contributed by atoms with Gasteiger partial charge in [-0.15, -0.1) is 0 Å². The van der Waals surface area contributed by atoms with Gasteiger partial charge in [0.25, 0.3) is 0 Å². The normalized spacial score (nSPS) is 12.0. The summed E-state index contributed by atoms with van der Waals surface area (Å²) in [5, 5.41) is 12.7. The molecule has 0 radical (unpaired) electrons. The maximum absolute atomic E-state index is 12.6. The fourth-order valence-corrected chi connectivity index (χ4v) is 3.76. The molecule has 0 aliphatic rings. The van der Waals surface area contributed by atoms with Gasteiger partial charge in [0.05, 0.1) is 17.1 Å². The average Bonchev–Trinajstić information content (AvgIpc) is 3.14. The smallest absolute Gasteiger partial charge is 0.350 e. The van der Waals surface area contributed by atoms with Crippen molar-refractivity contribution in [2.45, 2.75) is 79.6 Å². The zero-order chi connectivity index (χ0) is 25.8. The number of aryl methyl sites for hydroxylation is 3. The Balaban J connectivity index is 1.58. The second-order valence-electron chi connectivity index (χ2n) is 10.5. The van der Waals surface area contributed by atoms with E-state index in [1.807, 2.05) is 71.9 Å². The summed E-state index contributed by atoms with van der Waals surface area (Å²) < 4.78 is 11.7. The highest BCUT2D eigenvalue weighted by Crippen LogP contribution is 2.30. The highest BCUT2D eigenvalue weighted by atomic mass is 16.6. The number of aromatic nitrogens is 3. The molecule has 188 valence electrons. The number of carbonyl (C=O) groups excluding carboxylic acids is 1. The van der Waals surface area contributed by atoms with E-state index in [1.165, 1.54) is 0 Å². The molecule has 3 rings (SSSR count). The first-order valence-corrected chi connectivity index (χ1v) is 12.1. The molecule has 0 amide bonds. The molecule has 1 N–H and O–H groups in total. The minimum absolute atomic E-state index is 0.381. The van der Waals surface area contributed by atoms with Crippen molar-refractivity contribution >= 4 is 5.97 Å². The Kier molecular flexibility index (Phi) is 8.00. The van der Waals surface area contributed by atoms with Gasteiger partial charge in [-0.2, -0.15) is 15.0 Å². The van der Waals surface area contributed by atoms with Crippen molar-refractivity contribution in [2.75, 3.05) is 6.54 Å². The molecule has 0 atom stereocenters. The number of hydrogen-bond acceptors (Lipinski definition) is 6. The summed E-state index contributed by atoms with van der Waals surface area (Å²) in [5.41, 5.74) is 4.37. The highest BCUT2D eigenvalue weighted by molar-refractivity contribution is 5.79. The van der Waals surface area contributed by atoms with Crippen molar-refractivity contribution in [2.24, 2.45) is 0 Å². The number of nitrogens with one attached hydrogen (secondary N) is 1. The topological polar surface area (TPSA) is 78.3 Å². The Morgan fingerprint density at radius 2 is 1.60 bits per heavy atom. The molecule has 7 heteroatoms. The predicted molar refractivity (Wildman–Crippen MR) is 138 cm³/mol. The molecule has 1 aromatic heterocycles. The minimum Gasteiger partial charge on any atom is -0.476 e. The molecule has 0 spiro atoms. The largest absolute Gasteiger partial charge is 0.476 e. The molecule has 7 nitrogen and oxygen atoms in total. The number of hydrogen-bond donors (Lipinski definition) is 1. The second-order valence-corrected chi connectivity index (χ2v) is 10.5. The number of esters is 1. The lowest BCUT2D eigenvalue weighted by molar-refractivity contribution is -0.171. The van der Waals surface area contributed by atoms with Gasteiger partial charge < -0.3 is 14.8 Å². The van der Waals surface area contributed by atoms with E-state index >= 15 is 0 Å². The minimum atomic E-state index is -1.09. The van der Waals surface area contributed by atoms with Crippen LogP contribution in [0.25, 0.3) is 5.69 Å². The molecular formula is C28H38N4O3. The molecule has 0 unspecified atom stereocenters. The molecule has 0 saturated heterocycles. The van der Waals surface area contributed by atoms with Crippen LogP contribution in [-0.2, 0) is 22.5 Å². The molecule has 2 aromatic carbocycles. The van der Waals surface area contributed by atoms with Crippen LogP contribution in [0.5, 0.6) is 5.75 Å². The van der Waals surface area contributed by atoms with Crippen molar-refractivity contribution in [3.8, 4) is 11.4 Å². The third-order valence-corrected chi connectivity index (χ3v) is 5.50. The molecule has 0 aliphatic carbocycles. The van der Waals surface area contributed by atoms with Gasteiger partial charge in [0, 0.05) is 19.5 Å². The summed E-state index contributed by atoms with van der Waals surface area (Å²) >= 11 is 0. The third-order valence-electron chi connectivity index (χ3n) is 5.50. The number of nitrogens with zero attached hydrogens (tertiary/aromatic N) is 3. The molecular weight excluding hydrogens is 440 g/mol. The molecule has 3 aromatic rings. The Hall–Kier alpha value is -3.19. The van der Waals surface area contributed by atoms with Crippen LogP contribution in [0.4, 0.5) is 0 Å². The highest BCUT2D eigenvalue weighted by Gasteiger charge is 2.35. The predicted octanol–water partition coefficient (Wildman–Crippen LogP) is 5.02. The Morgan fingerprint density at radius 3 is 2.20 bits per heavy atom.